The number of thiophene rings is 1. The summed E-state index contributed by atoms with van der Waals surface area (Å²) in [5.41, 5.74) is 7.36. The molecule has 6 nitrogen and oxygen atoms in total. The van der Waals surface area contributed by atoms with Gasteiger partial charge in [0.2, 0.25) is 0 Å². The van der Waals surface area contributed by atoms with Crippen molar-refractivity contribution in [2.45, 2.75) is 105 Å². The van der Waals surface area contributed by atoms with Crippen LogP contribution in [0.5, 0.6) is 0 Å². The molecule has 1 unspecified atom stereocenters. The Balaban J connectivity index is 1.62. The zero-order valence-electron chi connectivity index (χ0n) is 26.9. The second-order valence-corrected chi connectivity index (χ2v) is 13.9. The Morgan fingerprint density at radius 3 is 2.60 bits per heavy atom. The van der Waals surface area contributed by atoms with Gasteiger partial charge in [0.15, 0.2) is 0 Å². The second kappa shape index (κ2) is 14.3. The number of hydrogen-bond acceptors (Lipinski definition) is 4. The Labute approximate surface area is 258 Å². The summed E-state index contributed by atoms with van der Waals surface area (Å²) in [5, 5.41) is 7.19. The molecule has 8 heteroatoms. The molecule has 0 fully saturated rings. The minimum atomic E-state index is -0.428. The summed E-state index contributed by atoms with van der Waals surface area (Å²) in [4.78, 5) is 17.4. The van der Waals surface area contributed by atoms with E-state index < -0.39 is 5.60 Å². The number of likely N-dealkylation sites (N-methyl/N-ethyl adjacent to an activating group) is 1. The molecule has 1 aliphatic heterocycles. The number of nitrogens with zero attached hydrogens (tertiary/aromatic N) is 2. The van der Waals surface area contributed by atoms with Crippen LogP contribution in [0.1, 0.15) is 109 Å². The van der Waals surface area contributed by atoms with Gasteiger partial charge in [-0.3, -0.25) is 0 Å². The van der Waals surface area contributed by atoms with Crippen LogP contribution >= 0.6 is 11.3 Å². The van der Waals surface area contributed by atoms with Gasteiger partial charge in [0.1, 0.15) is 0 Å². The maximum absolute atomic E-state index is 13.6. The van der Waals surface area contributed by atoms with Gasteiger partial charge >= 0.3 is 232 Å². The summed E-state index contributed by atoms with van der Waals surface area (Å²) in [6, 6.07) is 3.88. The number of carbonyl (C=O) groups excluding carboxylic acids is 1. The molecule has 2 aliphatic rings. The molecule has 1 aliphatic carbocycles. The van der Waals surface area contributed by atoms with Gasteiger partial charge in [-0.15, -0.1) is 0 Å². The maximum atomic E-state index is 13.6. The third-order valence-electron chi connectivity index (χ3n) is 8.46. The molecule has 0 saturated heterocycles. The molecule has 2 aromatic heterocycles. The number of anilines is 1. The van der Waals surface area contributed by atoms with Gasteiger partial charge < -0.3 is 0 Å². The van der Waals surface area contributed by atoms with Crippen LogP contribution in [0.3, 0.4) is 0 Å². The number of allylic oxidation sites excluding steroid dienone is 1. The van der Waals surface area contributed by atoms with Gasteiger partial charge in [-0.05, 0) is 6.54 Å². The molecule has 2 N–H and O–H groups in total. The number of urea groups is 1. The number of amides is 2. The molecule has 1 radical (unpaired) electrons. The summed E-state index contributed by atoms with van der Waals surface area (Å²) < 4.78 is 8.30. The monoisotopic (exact) mass is 589 g/mol. The van der Waals surface area contributed by atoms with Crippen LogP contribution in [0.15, 0.2) is 41.2 Å². The number of unbranched alkanes of at least 4 members (excludes halogenated alkanes) is 1. The SMILES string of the molecule is [B]=C(OC(C)(C)C)c1c(NC(=O)NC/C(C2=C(CCCC)CN(CC)CC2)=C(/C)n2cccc2)sc2c1C(C)CCC2. The van der Waals surface area contributed by atoms with Crippen molar-refractivity contribution in [2.24, 2.45) is 0 Å². The molecule has 0 spiro atoms. The summed E-state index contributed by atoms with van der Waals surface area (Å²) in [5.74, 6) is 0.377. The van der Waals surface area contributed by atoms with Gasteiger partial charge in [0, 0.05) is 0 Å². The zero-order valence-corrected chi connectivity index (χ0v) is 27.7. The van der Waals surface area contributed by atoms with Crippen LogP contribution in [0.2, 0.25) is 0 Å². The third-order valence-corrected chi connectivity index (χ3v) is 9.64. The second-order valence-electron chi connectivity index (χ2n) is 12.8. The topological polar surface area (TPSA) is 58.5 Å². The van der Waals surface area contributed by atoms with Gasteiger partial charge in [-0.1, -0.05) is 20.3 Å². The number of hydrogen-bond donors (Lipinski definition) is 2. The molecule has 227 valence electrons. The van der Waals surface area contributed by atoms with Crippen molar-refractivity contribution in [3.63, 3.8) is 0 Å². The first-order valence-corrected chi connectivity index (χ1v) is 16.6. The van der Waals surface area contributed by atoms with E-state index in [9.17, 15) is 4.79 Å². The van der Waals surface area contributed by atoms with Crippen LogP contribution in [0.4, 0.5) is 9.80 Å². The number of aryl methyl sites for hydroxylation is 1. The Morgan fingerprint density at radius 2 is 1.93 bits per heavy atom. The van der Waals surface area contributed by atoms with E-state index in [0.29, 0.717) is 18.1 Å². The molecule has 0 bridgehead atoms. The fourth-order valence-corrected chi connectivity index (χ4v) is 7.62. The van der Waals surface area contributed by atoms with Crippen LogP contribution in [0, 0.1) is 0 Å². The number of carbonyl (C=O) groups is 1. The number of aromatic nitrogens is 1. The first kappa shape index (κ1) is 32.3. The number of nitrogens with one attached hydrogen (secondary N) is 2. The molecule has 3 heterocycles. The van der Waals surface area contributed by atoms with Gasteiger partial charge in [0.05, 0.1) is 0 Å². The van der Waals surface area contributed by atoms with Crippen LogP contribution in [0.25, 0.3) is 5.70 Å². The van der Waals surface area contributed by atoms with E-state index in [0.717, 1.165) is 68.0 Å². The van der Waals surface area contributed by atoms with E-state index in [1.807, 2.05) is 20.8 Å². The van der Waals surface area contributed by atoms with E-state index in [-0.39, 0.29) is 6.03 Å². The van der Waals surface area contributed by atoms with E-state index in [1.165, 1.54) is 40.0 Å². The molecule has 1 atom stereocenters. The van der Waals surface area contributed by atoms with Crippen molar-refractivity contribution in [3.05, 3.63) is 57.2 Å². The van der Waals surface area contributed by atoms with Gasteiger partial charge in [-0.25, -0.2) is 0 Å². The summed E-state index contributed by atoms with van der Waals surface area (Å²) >= 11 is 1.64. The number of ether oxygens (including phenoxy) is 1. The fourth-order valence-electron chi connectivity index (χ4n) is 6.25. The Morgan fingerprint density at radius 1 is 1.19 bits per heavy atom. The molecular weight excluding hydrogens is 539 g/mol. The average Bonchev–Trinajstić information content (AvgIpc) is 3.60. The molecule has 42 heavy (non-hydrogen) atoms. The number of rotatable bonds is 11. The van der Waals surface area contributed by atoms with Crippen molar-refractivity contribution in [2.75, 3.05) is 31.5 Å². The summed E-state index contributed by atoms with van der Waals surface area (Å²) in [7, 11) is 6.59. The van der Waals surface area contributed by atoms with E-state index >= 15 is 0 Å². The van der Waals surface area contributed by atoms with Crippen LogP contribution in [-0.2, 0) is 11.2 Å². The Bertz CT molecular complexity index is 1320. The van der Waals surface area contributed by atoms with Crippen molar-refractivity contribution in [1.29, 1.82) is 0 Å². The Kier molecular flexibility index (Phi) is 11.0. The first-order valence-electron chi connectivity index (χ1n) is 15.8. The predicted octanol–water partition coefficient (Wildman–Crippen LogP) is 7.72. The van der Waals surface area contributed by atoms with Crippen molar-refractivity contribution in [3.8, 4) is 0 Å². The minimum absolute atomic E-state index is 0.217. The third kappa shape index (κ3) is 7.87. The molecule has 4 rings (SSSR count). The summed E-state index contributed by atoms with van der Waals surface area (Å²) in [6.07, 6.45) is 11.9. The normalized spacial score (nSPS) is 18.4. The first-order chi connectivity index (χ1) is 20.0. The predicted molar refractivity (Wildman–Crippen MR) is 180 cm³/mol. The molecule has 0 aromatic carbocycles. The molecule has 0 saturated carbocycles. The van der Waals surface area contributed by atoms with Gasteiger partial charge in [-0.2, -0.15) is 0 Å². The van der Waals surface area contributed by atoms with E-state index in [4.69, 9.17) is 12.2 Å². The Hall–Kier alpha value is -2.58. The average molecular weight is 590 g/mol. The van der Waals surface area contributed by atoms with Crippen LogP contribution in [-0.4, -0.2) is 60.4 Å². The van der Waals surface area contributed by atoms with Crippen molar-refractivity contribution < 1.29 is 9.53 Å². The number of fused-ring (bicyclic) bond motifs is 1. The van der Waals surface area contributed by atoms with E-state index in [2.05, 4.69) is 72.3 Å². The van der Waals surface area contributed by atoms with Crippen LogP contribution < -0.4 is 10.6 Å². The van der Waals surface area contributed by atoms with E-state index in [1.54, 1.807) is 11.3 Å². The molecular formula is C34H50BN4O2S. The standard InChI is InChI=1S/C34H50BN4O2S/c1-8-10-15-25-22-38(9-2)20-17-26(25)27(24(4)39-18-11-12-19-39)21-36-33(40)37-32-30(31(35)41-34(5,6)7)29-23(3)14-13-16-28(29)42-32/h11-12,18-19,23H,8-10,13-17,20-22H2,1-7H3,(H2,36,37,40)/b27-24+. The van der Waals surface area contributed by atoms with Gasteiger partial charge in [0.25, 0.3) is 0 Å². The fraction of sp³-hybridized carbons (Fsp3) is 0.588. The quantitative estimate of drug-likeness (QED) is 0.264. The summed E-state index contributed by atoms with van der Waals surface area (Å²) in [6.45, 7) is 18.5. The molecule has 2 aromatic rings. The zero-order chi connectivity index (χ0) is 30.4. The van der Waals surface area contributed by atoms with Crippen molar-refractivity contribution >= 4 is 41.2 Å². The molecule has 2 amide bonds. The van der Waals surface area contributed by atoms with Crippen molar-refractivity contribution in [1.82, 2.24) is 14.8 Å².